The summed E-state index contributed by atoms with van der Waals surface area (Å²) in [5.74, 6) is 0. The maximum atomic E-state index is 6.21. The molecule has 1 unspecified atom stereocenters. The van der Waals surface area contributed by atoms with Gasteiger partial charge in [0.05, 0.1) is 10.0 Å². The first kappa shape index (κ1) is 15.8. The summed E-state index contributed by atoms with van der Waals surface area (Å²) in [5.41, 5.74) is 1.09. The summed E-state index contributed by atoms with van der Waals surface area (Å²) in [6.07, 6.45) is 1.85. The van der Waals surface area contributed by atoms with E-state index in [2.05, 4.69) is 12.2 Å². The fourth-order valence-electron chi connectivity index (χ4n) is 1.91. The molecular weight excluding hydrogens is 269 g/mol. The molecule has 0 heterocycles. The second-order valence-electron chi connectivity index (χ2n) is 4.16. The molecule has 0 amide bonds. The summed E-state index contributed by atoms with van der Waals surface area (Å²) in [5, 5.41) is 4.74. The lowest BCUT2D eigenvalue weighted by atomic mass is 10.0. The fraction of sp³-hybridized carbons (Fsp3) is 0.571. The number of hydrogen-bond acceptors (Lipinski definition) is 2. The number of likely N-dealkylation sites (N-methyl/N-ethyl adjacent to an activating group) is 1. The van der Waals surface area contributed by atoms with Crippen molar-refractivity contribution in [3.8, 4) is 0 Å². The van der Waals surface area contributed by atoms with Crippen molar-refractivity contribution < 1.29 is 4.74 Å². The van der Waals surface area contributed by atoms with Crippen LogP contribution in [0.3, 0.4) is 0 Å². The van der Waals surface area contributed by atoms with Crippen LogP contribution in [0.5, 0.6) is 0 Å². The Morgan fingerprint density at radius 1 is 1.28 bits per heavy atom. The van der Waals surface area contributed by atoms with E-state index in [9.17, 15) is 0 Å². The van der Waals surface area contributed by atoms with Crippen LogP contribution >= 0.6 is 23.2 Å². The first-order valence-electron chi connectivity index (χ1n) is 6.43. The molecule has 1 N–H and O–H groups in total. The molecule has 0 spiro atoms. The van der Waals surface area contributed by atoms with Gasteiger partial charge in [-0.25, -0.2) is 0 Å². The van der Waals surface area contributed by atoms with Gasteiger partial charge < -0.3 is 10.1 Å². The van der Waals surface area contributed by atoms with Crippen LogP contribution in [0.4, 0.5) is 0 Å². The van der Waals surface area contributed by atoms with Gasteiger partial charge in [-0.3, -0.25) is 0 Å². The van der Waals surface area contributed by atoms with Crippen LogP contribution in [0.25, 0.3) is 0 Å². The molecule has 0 saturated carbocycles. The van der Waals surface area contributed by atoms with E-state index in [0.717, 1.165) is 38.2 Å². The monoisotopic (exact) mass is 289 g/mol. The van der Waals surface area contributed by atoms with E-state index in [1.54, 1.807) is 0 Å². The Bertz CT molecular complexity index is 358. The molecule has 0 radical (unpaired) electrons. The minimum absolute atomic E-state index is 0.373. The van der Waals surface area contributed by atoms with Gasteiger partial charge in [-0.1, -0.05) is 42.3 Å². The predicted octanol–water partition coefficient (Wildman–Crippen LogP) is 3.94. The van der Waals surface area contributed by atoms with Crippen molar-refractivity contribution in [3.05, 3.63) is 33.8 Å². The van der Waals surface area contributed by atoms with Crippen LogP contribution in [-0.4, -0.2) is 25.8 Å². The van der Waals surface area contributed by atoms with E-state index in [-0.39, 0.29) is 0 Å². The van der Waals surface area contributed by atoms with Gasteiger partial charge in [0, 0.05) is 19.3 Å². The fourth-order valence-corrected chi connectivity index (χ4v) is 2.30. The maximum absolute atomic E-state index is 6.21. The molecule has 102 valence electrons. The van der Waals surface area contributed by atoms with Crippen molar-refractivity contribution >= 4 is 23.2 Å². The number of rotatable bonds is 8. The van der Waals surface area contributed by atoms with E-state index in [1.165, 1.54) is 0 Å². The number of halogens is 2. The average Bonchev–Trinajstić information content (AvgIpc) is 2.35. The lowest BCUT2D eigenvalue weighted by Crippen LogP contribution is -2.32. The van der Waals surface area contributed by atoms with Gasteiger partial charge in [0.2, 0.25) is 0 Å². The van der Waals surface area contributed by atoms with Gasteiger partial charge in [-0.05, 0) is 37.9 Å². The summed E-state index contributed by atoms with van der Waals surface area (Å²) in [6.45, 7) is 6.58. The molecule has 0 aliphatic rings. The average molecular weight is 290 g/mol. The molecule has 2 nitrogen and oxygen atoms in total. The summed E-state index contributed by atoms with van der Waals surface area (Å²) < 4.78 is 5.40. The van der Waals surface area contributed by atoms with E-state index >= 15 is 0 Å². The quantitative estimate of drug-likeness (QED) is 0.732. The Hall–Kier alpha value is -0.280. The Labute approximate surface area is 120 Å². The summed E-state index contributed by atoms with van der Waals surface area (Å²) >= 11 is 12.2. The van der Waals surface area contributed by atoms with Crippen LogP contribution in [0, 0.1) is 0 Å². The van der Waals surface area contributed by atoms with E-state index < -0.39 is 0 Å². The van der Waals surface area contributed by atoms with Crippen LogP contribution in [0.15, 0.2) is 18.2 Å². The Kier molecular flexibility index (Phi) is 7.68. The highest BCUT2D eigenvalue weighted by molar-refractivity contribution is 6.42. The van der Waals surface area contributed by atoms with Crippen LogP contribution in [-0.2, 0) is 11.2 Å². The molecule has 1 aromatic rings. The van der Waals surface area contributed by atoms with Crippen molar-refractivity contribution in [1.29, 1.82) is 0 Å². The molecule has 0 aliphatic heterocycles. The minimum atomic E-state index is 0.373. The highest BCUT2D eigenvalue weighted by Gasteiger charge is 2.12. The number of ether oxygens (including phenoxy) is 1. The Balaban J connectivity index is 2.61. The van der Waals surface area contributed by atoms with Crippen molar-refractivity contribution in [2.45, 2.75) is 32.7 Å². The van der Waals surface area contributed by atoms with Gasteiger partial charge in [-0.15, -0.1) is 0 Å². The molecule has 1 atom stereocenters. The van der Waals surface area contributed by atoms with Gasteiger partial charge in [0.1, 0.15) is 0 Å². The highest BCUT2D eigenvalue weighted by atomic mass is 35.5. The largest absolute Gasteiger partial charge is 0.382 e. The Morgan fingerprint density at radius 3 is 2.72 bits per heavy atom. The zero-order chi connectivity index (χ0) is 13.4. The molecule has 4 heteroatoms. The van der Waals surface area contributed by atoms with Gasteiger partial charge in [0.15, 0.2) is 0 Å². The SMILES string of the molecule is CCNC(CCOCC)Cc1cccc(Cl)c1Cl. The third-order valence-corrected chi connectivity index (χ3v) is 3.66. The second-order valence-corrected chi connectivity index (χ2v) is 4.94. The molecular formula is C14H21Cl2NO. The maximum Gasteiger partial charge on any atom is 0.0624 e. The van der Waals surface area contributed by atoms with Crippen LogP contribution < -0.4 is 5.32 Å². The van der Waals surface area contributed by atoms with E-state index in [1.807, 2.05) is 25.1 Å². The molecule has 0 saturated heterocycles. The van der Waals surface area contributed by atoms with Crippen LogP contribution in [0.1, 0.15) is 25.8 Å². The van der Waals surface area contributed by atoms with Crippen molar-refractivity contribution in [2.75, 3.05) is 19.8 Å². The van der Waals surface area contributed by atoms with E-state index in [4.69, 9.17) is 27.9 Å². The molecule has 1 aromatic carbocycles. The molecule has 0 bridgehead atoms. The van der Waals surface area contributed by atoms with Crippen molar-refractivity contribution in [3.63, 3.8) is 0 Å². The van der Waals surface area contributed by atoms with Crippen molar-refractivity contribution in [1.82, 2.24) is 5.32 Å². The topological polar surface area (TPSA) is 21.3 Å². The van der Waals surface area contributed by atoms with Gasteiger partial charge >= 0.3 is 0 Å². The molecule has 0 aliphatic carbocycles. The second kappa shape index (κ2) is 8.76. The first-order valence-corrected chi connectivity index (χ1v) is 7.18. The normalized spacial score (nSPS) is 12.7. The number of hydrogen-bond donors (Lipinski definition) is 1. The highest BCUT2D eigenvalue weighted by Crippen LogP contribution is 2.26. The molecule has 1 rings (SSSR count). The number of nitrogens with one attached hydrogen (secondary N) is 1. The van der Waals surface area contributed by atoms with Crippen molar-refractivity contribution in [2.24, 2.45) is 0 Å². The third kappa shape index (κ3) is 5.15. The number of benzene rings is 1. The van der Waals surface area contributed by atoms with Gasteiger partial charge in [0.25, 0.3) is 0 Å². The first-order chi connectivity index (χ1) is 8.69. The zero-order valence-electron chi connectivity index (χ0n) is 11.0. The lowest BCUT2D eigenvalue weighted by Gasteiger charge is -2.18. The van der Waals surface area contributed by atoms with Crippen LogP contribution in [0.2, 0.25) is 10.0 Å². The molecule has 0 aromatic heterocycles. The lowest BCUT2D eigenvalue weighted by molar-refractivity contribution is 0.136. The van der Waals surface area contributed by atoms with Gasteiger partial charge in [-0.2, -0.15) is 0 Å². The summed E-state index contributed by atoms with van der Waals surface area (Å²) in [4.78, 5) is 0. The van der Waals surface area contributed by atoms with E-state index in [0.29, 0.717) is 16.1 Å². The predicted molar refractivity (Wildman–Crippen MR) is 78.7 cm³/mol. The minimum Gasteiger partial charge on any atom is -0.382 e. The standard InChI is InChI=1S/C14H21Cl2NO/c1-3-17-12(8-9-18-4-2)10-11-6-5-7-13(15)14(11)16/h5-7,12,17H,3-4,8-10H2,1-2H3. The Morgan fingerprint density at radius 2 is 2.06 bits per heavy atom. The third-order valence-electron chi connectivity index (χ3n) is 2.81. The molecule has 0 fully saturated rings. The molecule has 18 heavy (non-hydrogen) atoms. The smallest absolute Gasteiger partial charge is 0.0624 e. The summed E-state index contributed by atoms with van der Waals surface area (Å²) in [6, 6.07) is 6.15. The summed E-state index contributed by atoms with van der Waals surface area (Å²) in [7, 11) is 0. The zero-order valence-corrected chi connectivity index (χ0v) is 12.5.